The summed E-state index contributed by atoms with van der Waals surface area (Å²) in [6, 6.07) is 12.2. The second kappa shape index (κ2) is 8.73. The summed E-state index contributed by atoms with van der Waals surface area (Å²) in [6.45, 7) is 0. The standard InChI is InChI=1S/C17H13Cl2N3O2S2/c1-24-13-6-3-10(4-7-13)15(23)20-16-21-22-17(26-16)25-9-11-2-5-12(18)8-14(11)19/h2-8H,9H2,1H3,(H,20,21,23). The van der Waals surface area contributed by atoms with E-state index in [0.29, 0.717) is 32.2 Å². The Labute approximate surface area is 168 Å². The van der Waals surface area contributed by atoms with Crippen molar-refractivity contribution in [3.05, 3.63) is 63.6 Å². The lowest BCUT2D eigenvalue weighted by Crippen LogP contribution is -2.11. The van der Waals surface area contributed by atoms with Crippen molar-refractivity contribution in [1.29, 1.82) is 0 Å². The molecule has 1 aromatic heterocycles. The number of benzene rings is 2. The third-order valence-corrected chi connectivity index (χ3v) is 5.95. The molecule has 3 rings (SSSR count). The first-order chi connectivity index (χ1) is 12.5. The molecule has 0 aliphatic carbocycles. The van der Waals surface area contributed by atoms with E-state index in [0.717, 1.165) is 9.90 Å². The fourth-order valence-corrected chi connectivity index (χ4v) is 4.31. The molecule has 1 N–H and O–H groups in total. The van der Waals surface area contributed by atoms with Gasteiger partial charge in [-0.15, -0.1) is 10.2 Å². The van der Waals surface area contributed by atoms with Crippen molar-refractivity contribution in [3.8, 4) is 5.75 Å². The van der Waals surface area contributed by atoms with Crippen LogP contribution in [0.3, 0.4) is 0 Å². The van der Waals surface area contributed by atoms with Gasteiger partial charge in [0.2, 0.25) is 5.13 Å². The molecule has 3 aromatic rings. The van der Waals surface area contributed by atoms with Crippen molar-refractivity contribution >= 4 is 57.3 Å². The smallest absolute Gasteiger partial charge is 0.257 e. The molecule has 2 aromatic carbocycles. The number of anilines is 1. The van der Waals surface area contributed by atoms with Crippen LogP contribution in [0.1, 0.15) is 15.9 Å². The van der Waals surface area contributed by atoms with E-state index < -0.39 is 0 Å². The first-order valence-electron chi connectivity index (χ1n) is 7.41. The Morgan fingerprint density at radius 2 is 1.96 bits per heavy atom. The van der Waals surface area contributed by atoms with Crippen LogP contribution in [0, 0.1) is 0 Å². The van der Waals surface area contributed by atoms with Crippen LogP contribution < -0.4 is 10.1 Å². The van der Waals surface area contributed by atoms with Gasteiger partial charge in [0.1, 0.15) is 5.75 Å². The van der Waals surface area contributed by atoms with Gasteiger partial charge in [0.15, 0.2) is 4.34 Å². The second-order valence-corrected chi connectivity index (χ2v) is 8.12. The van der Waals surface area contributed by atoms with Crippen molar-refractivity contribution in [2.24, 2.45) is 0 Å². The summed E-state index contributed by atoms with van der Waals surface area (Å²) in [5, 5.41) is 12.5. The number of carbonyl (C=O) groups is 1. The van der Waals surface area contributed by atoms with E-state index in [1.807, 2.05) is 6.07 Å². The van der Waals surface area contributed by atoms with Gasteiger partial charge in [-0.05, 0) is 42.0 Å². The van der Waals surface area contributed by atoms with Gasteiger partial charge >= 0.3 is 0 Å². The molecule has 0 atom stereocenters. The number of hydrogen-bond donors (Lipinski definition) is 1. The van der Waals surface area contributed by atoms with Gasteiger partial charge in [0.25, 0.3) is 5.91 Å². The van der Waals surface area contributed by atoms with Crippen molar-refractivity contribution in [1.82, 2.24) is 10.2 Å². The van der Waals surface area contributed by atoms with E-state index in [2.05, 4.69) is 15.5 Å². The number of halogens is 2. The average molecular weight is 426 g/mol. The number of methoxy groups -OCH3 is 1. The topological polar surface area (TPSA) is 64.1 Å². The summed E-state index contributed by atoms with van der Waals surface area (Å²) in [6.07, 6.45) is 0. The van der Waals surface area contributed by atoms with Crippen LogP contribution in [0.5, 0.6) is 5.75 Å². The molecule has 0 fully saturated rings. The molecule has 0 spiro atoms. The number of carbonyl (C=O) groups excluding carboxylic acids is 1. The third-order valence-electron chi connectivity index (χ3n) is 3.35. The number of ether oxygens (including phenoxy) is 1. The Morgan fingerprint density at radius 1 is 1.19 bits per heavy atom. The summed E-state index contributed by atoms with van der Waals surface area (Å²) in [5.74, 6) is 1.08. The fraction of sp³-hybridized carbons (Fsp3) is 0.118. The zero-order valence-electron chi connectivity index (χ0n) is 13.5. The zero-order chi connectivity index (χ0) is 18.5. The molecule has 9 heteroatoms. The summed E-state index contributed by atoms with van der Waals surface area (Å²) in [5.41, 5.74) is 1.48. The lowest BCUT2D eigenvalue weighted by Gasteiger charge is -2.03. The molecule has 1 heterocycles. The number of nitrogens with zero attached hydrogens (tertiary/aromatic N) is 2. The van der Waals surface area contributed by atoms with Gasteiger partial charge in [-0.25, -0.2) is 0 Å². The van der Waals surface area contributed by atoms with Crippen LogP contribution in [0.4, 0.5) is 5.13 Å². The number of rotatable bonds is 6. The Balaban J connectivity index is 1.59. The van der Waals surface area contributed by atoms with E-state index in [9.17, 15) is 4.79 Å². The summed E-state index contributed by atoms with van der Waals surface area (Å²) < 4.78 is 5.81. The Kier molecular flexibility index (Phi) is 6.37. The van der Waals surface area contributed by atoms with E-state index in [1.165, 1.54) is 23.1 Å². The zero-order valence-corrected chi connectivity index (χ0v) is 16.7. The summed E-state index contributed by atoms with van der Waals surface area (Å²) in [7, 11) is 1.58. The van der Waals surface area contributed by atoms with Gasteiger partial charge in [-0.1, -0.05) is 52.4 Å². The molecule has 0 bridgehead atoms. The van der Waals surface area contributed by atoms with Crippen LogP contribution in [0.15, 0.2) is 46.8 Å². The number of aromatic nitrogens is 2. The van der Waals surface area contributed by atoms with Crippen LogP contribution in [0.2, 0.25) is 10.0 Å². The minimum absolute atomic E-state index is 0.249. The van der Waals surface area contributed by atoms with Gasteiger partial charge < -0.3 is 4.74 Å². The van der Waals surface area contributed by atoms with Gasteiger partial charge in [-0.2, -0.15) is 0 Å². The first-order valence-corrected chi connectivity index (χ1v) is 9.96. The van der Waals surface area contributed by atoms with Crippen LogP contribution in [-0.2, 0) is 5.75 Å². The van der Waals surface area contributed by atoms with E-state index >= 15 is 0 Å². The van der Waals surface area contributed by atoms with E-state index in [1.54, 1.807) is 43.5 Å². The normalized spacial score (nSPS) is 10.6. The predicted octanol–water partition coefficient (Wildman–Crippen LogP) is 5.40. The van der Waals surface area contributed by atoms with E-state index in [4.69, 9.17) is 27.9 Å². The number of thioether (sulfide) groups is 1. The van der Waals surface area contributed by atoms with Gasteiger partial charge in [-0.3, -0.25) is 10.1 Å². The molecular formula is C17H13Cl2N3O2S2. The minimum Gasteiger partial charge on any atom is -0.497 e. The first kappa shape index (κ1) is 19.0. The third kappa shape index (κ3) is 4.88. The van der Waals surface area contributed by atoms with Crippen LogP contribution in [0.25, 0.3) is 0 Å². The van der Waals surface area contributed by atoms with Crippen molar-refractivity contribution < 1.29 is 9.53 Å². The molecule has 0 aliphatic rings. The van der Waals surface area contributed by atoms with Crippen molar-refractivity contribution in [2.75, 3.05) is 12.4 Å². The molecular weight excluding hydrogens is 413 g/mol. The average Bonchev–Trinajstić information content (AvgIpc) is 3.08. The highest BCUT2D eigenvalue weighted by molar-refractivity contribution is 8.00. The summed E-state index contributed by atoms with van der Waals surface area (Å²) >= 11 is 14.9. The molecule has 0 unspecified atom stereocenters. The fourth-order valence-electron chi connectivity index (χ4n) is 2.01. The Bertz CT molecular complexity index is 917. The molecule has 0 radical (unpaired) electrons. The molecule has 0 saturated heterocycles. The monoisotopic (exact) mass is 425 g/mol. The number of amides is 1. The van der Waals surface area contributed by atoms with Gasteiger partial charge in [0, 0.05) is 21.4 Å². The largest absolute Gasteiger partial charge is 0.497 e. The predicted molar refractivity (Wildman–Crippen MR) is 107 cm³/mol. The number of nitrogens with one attached hydrogen (secondary N) is 1. The molecule has 1 amide bonds. The van der Waals surface area contributed by atoms with Crippen molar-refractivity contribution in [3.63, 3.8) is 0 Å². The maximum absolute atomic E-state index is 12.2. The maximum Gasteiger partial charge on any atom is 0.257 e. The Hall–Kier alpha value is -1.80. The maximum atomic E-state index is 12.2. The molecule has 134 valence electrons. The molecule has 0 aliphatic heterocycles. The van der Waals surface area contributed by atoms with Crippen molar-refractivity contribution in [2.45, 2.75) is 10.1 Å². The molecule has 0 saturated carbocycles. The number of hydrogen-bond acceptors (Lipinski definition) is 6. The highest BCUT2D eigenvalue weighted by Crippen LogP contribution is 2.31. The van der Waals surface area contributed by atoms with Crippen LogP contribution in [-0.4, -0.2) is 23.2 Å². The van der Waals surface area contributed by atoms with Gasteiger partial charge in [0.05, 0.1) is 7.11 Å². The SMILES string of the molecule is COc1ccc(C(=O)Nc2nnc(SCc3ccc(Cl)cc3Cl)s2)cc1. The van der Waals surface area contributed by atoms with Crippen LogP contribution >= 0.6 is 46.3 Å². The lowest BCUT2D eigenvalue weighted by atomic mass is 10.2. The molecule has 26 heavy (non-hydrogen) atoms. The highest BCUT2D eigenvalue weighted by Gasteiger charge is 2.11. The Morgan fingerprint density at radius 3 is 2.65 bits per heavy atom. The lowest BCUT2D eigenvalue weighted by molar-refractivity contribution is 0.102. The highest BCUT2D eigenvalue weighted by atomic mass is 35.5. The summed E-state index contributed by atoms with van der Waals surface area (Å²) in [4.78, 5) is 12.2. The van der Waals surface area contributed by atoms with E-state index in [-0.39, 0.29) is 5.91 Å². The minimum atomic E-state index is -0.249. The quantitative estimate of drug-likeness (QED) is 0.423. The second-order valence-electron chi connectivity index (χ2n) is 5.08. The molecule has 5 nitrogen and oxygen atoms in total.